The van der Waals surface area contributed by atoms with Crippen molar-refractivity contribution in [2.75, 3.05) is 5.32 Å². The summed E-state index contributed by atoms with van der Waals surface area (Å²) in [6, 6.07) is 14.0. The highest BCUT2D eigenvalue weighted by molar-refractivity contribution is 7.80. The average molecular weight is 314 g/mol. The minimum absolute atomic E-state index is 0.00849. The van der Waals surface area contributed by atoms with E-state index in [1.54, 1.807) is 18.2 Å². The summed E-state index contributed by atoms with van der Waals surface area (Å²) in [5, 5.41) is 18.1. The van der Waals surface area contributed by atoms with Crippen molar-refractivity contribution in [3.8, 4) is 0 Å². The van der Waals surface area contributed by atoms with Gasteiger partial charge in [0.15, 0.2) is 5.11 Å². The lowest BCUT2D eigenvalue weighted by molar-refractivity contribution is -0.385. The number of nitrogens with zero attached hydrogens (tertiary/aromatic N) is 2. The normalized spacial score (nSPS) is 10.4. The number of para-hydroxylation sites is 2. The van der Waals surface area contributed by atoms with E-state index >= 15 is 0 Å². The molecular formula is C15H14N4O2S. The van der Waals surface area contributed by atoms with Crippen LogP contribution in [0.15, 0.2) is 53.6 Å². The van der Waals surface area contributed by atoms with Crippen molar-refractivity contribution in [3.63, 3.8) is 0 Å². The number of benzene rings is 2. The molecule has 2 aromatic carbocycles. The van der Waals surface area contributed by atoms with Gasteiger partial charge in [-0.1, -0.05) is 30.3 Å². The van der Waals surface area contributed by atoms with Gasteiger partial charge in [0, 0.05) is 11.8 Å². The van der Waals surface area contributed by atoms with Gasteiger partial charge in [0.25, 0.3) is 5.69 Å². The smallest absolute Gasteiger partial charge is 0.278 e. The Kier molecular flexibility index (Phi) is 5.16. The molecule has 2 aromatic rings. The van der Waals surface area contributed by atoms with Crippen molar-refractivity contribution >= 4 is 34.9 Å². The molecule has 0 spiro atoms. The molecule has 0 aromatic heterocycles. The number of hydrogen-bond acceptors (Lipinski definition) is 4. The van der Waals surface area contributed by atoms with Crippen LogP contribution in [0.1, 0.15) is 11.1 Å². The number of nitrogens with one attached hydrogen (secondary N) is 2. The third-order valence-corrected chi connectivity index (χ3v) is 3.09. The van der Waals surface area contributed by atoms with Crippen LogP contribution in [0.25, 0.3) is 0 Å². The van der Waals surface area contributed by atoms with Gasteiger partial charge in [-0.2, -0.15) is 5.10 Å². The lowest BCUT2D eigenvalue weighted by Crippen LogP contribution is -2.24. The predicted octanol–water partition coefficient (Wildman–Crippen LogP) is 3.22. The van der Waals surface area contributed by atoms with E-state index in [9.17, 15) is 10.1 Å². The molecular weight excluding hydrogens is 300 g/mol. The first kappa shape index (κ1) is 15.6. The van der Waals surface area contributed by atoms with E-state index < -0.39 is 4.92 Å². The van der Waals surface area contributed by atoms with E-state index in [0.717, 1.165) is 11.3 Å². The molecule has 0 amide bonds. The van der Waals surface area contributed by atoms with E-state index in [1.807, 2.05) is 31.2 Å². The summed E-state index contributed by atoms with van der Waals surface area (Å²) in [6.45, 7) is 1.96. The quantitative estimate of drug-likeness (QED) is 0.392. The van der Waals surface area contributed by atoms with Gasteiger partial charge in [0.05, 0.1) is 16.7 Å². The summed E-state index contributed by atoms with van der Waals surface area (Å²) in [5.41, 5.74) is 4.96. The number of thiocarbonyl (C=S) groups is 1. The van der Waals surface area contributed by atoms with Crippen molar-refractivity contribution in [2.45, 2.75) is 6.92 Å². The molecule has 112 valence electrons. The molecule has 0 radical (unpaired) electrons. The topological polar surface area (TPSA) is 79.6 Å². The predicted molar refractivity (Wildman–Crippen MR) is 91.2 cm³/mol. The van der Waals surface area contributed by atoms with Crippen LogP contribution >= 0.6 is 12.2 Å². The van der Waals surface area contributed by atoms with Crippen LogP contribution in [-0.2, 0) is 0 Å². The Hall–Kier alpha value is -2.80. The van der Waals surface area contributed by atoms with Crippen LogP contribution in [0.5, 0.6) is 0 Å². The molecule has 0 aliphatic heterocycles. The lowest BCUT2D eigenvalue weighted by atomic mass is 10.2. The van der Waals surface area contributed by atoms with Crippen LogP contribution in [-0.4, -0.2) is 16.3 Å². The van der Waals surface area contributed by atoms with Crippen LogP contribution < -0.4 is 10.7 Å². The molecule has 0 bridgehead atoms. The Bertz CT molecular complexity index is 731. The Morgan fingerprint density at radius 3 is 2.64 bits per heavy atom. The number of nitro benzene ring substituents is 1. The Balaban J connectivity index is 2.00. The maximum absolute atomic E-state index is 10.9. The standard InChI is InChI=1S/C15H14N4O2S/c1-11-6-2-4-8-13(11)17-15(22)18-16-10-12-7-3-5-9-14(12)19(20)21/h2-10H,1H3,(H2,17,18,22)/b16-10+. The van der Waals surface area contributed by atoms with Crippen LogP contribution in [0, 0.1) is 17.0 Å². The lowest BCUT2D eigenvalue weighted by Gasteiger charge is -2.09. The zero-order valence-electron chi connectivity index (χ0n) is 11.8. The van der Waals surface area contributed by atoms with Gasteiger partial charge in [-0.25, -0.2) is 0 Å². The summed E-state index contributed by atoms with van der Waals surface area (Å²) >= 11 is 5.13. The second-order valence-electron chi connectivity index (χ2n) is 4.45. The van der Waals surface area contributed by atoms with E-state index in [0.29, 0.717) is 10.7 Å². The Morgan fingerprint density at radius 1 is 1.23 bits per heavy atom. The fourth-order valence-corrected chi connectivity index (χ4v) is 1.95. The third-order valence-electron chi connectivity index (χ3n) is 2.90. The van der Waals surface area contributed by atoms with E-state index in [-0.39, 0.29) is 5.69 Å². The second-order valence-corrected chi connectivity index (χ2v) is 4.86. The van der Waals surface area contributed by atoms with E-state index in [2.05, 4.69) is 15.8 Å². The van der Waals surface area contributed by atoms with Crippen molar-refractivity contribution in [1.82, 2.24) is 5.43 Å². The molecule has 6 nitrogen and oxygen atoms in total. The highest BCUT2D eigenvalue weighted by Crippen LogP contribution is 2.15. The summed E-state index contributed by atoms with van der Waals surface area (Å²) in [6.07, 6.45) is 1.37. The molecule has 0 saturated heterocycles. The molecule has 2 N–H and O–H groups in total. The maximum atomic E-state index is 10.9. The Labute approximate surface area is 133 Å². The van der Waals surface area contributed by atoms with Crippen LogP contribution in [0.2, 0.25) is 0 Å². The van der Waals surface area contributed by atoms with Gasteiger partial charge in [0.2, 0.25) is 0 Å². The summed E-state index contributed by atoms with van der Waals surface area (Å²) < 4.78 is 0. The summed E-state index contributed by atoms with van der Waals surface area (Å²) in [4.78, 5) is 10.4. The third kappa shape index (κ3) is 4.10. The van der Waals surface area contributed by atoms with Crippen molar-refractivity contribution in [3.05, 3.63) is 69.8 Å². The maximum Gasteiger partial charge on any atom is 0.278 e. The first-order valence-corrected chi connectivity index (χ1v) is 6.88. The van der Waals surface area contributed by atoms with Crippen LogP contribution in [0.4, 0.5) is 11.4 Å². The molecule has 0 aliphatic carbocycles. The monoisotopic (exact) mass is 314 g/mol. The number of anilines is 1. The van der Waals surface area contributed by atoms with Crippen molar-refractivity contribution in [2.24, 2.45) is 5.10 Å². The molecule has 2 rings (SSSR count). The van der Waals surface area contributed by atoms with Gasteiger partial charge in [-0.05, 0) is 36.8 Å². The van der Waals surface area contributed by atoms with Gasteiger partial charge in [-0.15, -0.1) is 0 Å². The number of aryl methyl sites for hydroxylation is 1. The van der Waals surface area contributed by atoms with Crippen molar-refractivity contribution in [1.29, 1.82) is 0 Å². The second kappa shape index (κ2) is 7.28. The van der Waals surface area contributed by atoms with Gasteiger partial charge < -0.3 is 5.32 Å². The average Bonchev–Trinajstić information content (AvgIpc) is 2.50. The number of rotatable bonds is 4. The van der Waals surface area contributed by atoms with Gasteiger partial charge in [0.1, 0.15) is 0 Å². The zero-order chi connectivity index (χ0) is 15.9. The molecule has 0 fully saturated rings. The molecule has 0 heterocycles. The highest BCUT2D eigenvalue weighted by Gasteiger charge is 2.09. The number of nitro groups is 1. The number of hydrazone groups is 1. The minimum Gasteiger partial charge on any atom is -0.331 e. The molecule has 0 saturated carbocycles. The van der Waals surface area contributed by atoms with E-state index in [1.165, 1.54) is 12.3 Å². The molecule has 0 atom stereocenters. The number of hydrogen-bond donors (Lipinski definition) is 2. The molecule has 0 unspecified atom stereocenters. The zero-order valence-corrected chi connectivity index (χ0v) is 12.6. The fourth-order valence-electron chi connectivity index (χ4n) is 1.79. The largest absolute Gasteiger partial charge is 0.331 e. The minimum atomic E-state index is -0.453. The van der Waals surface area contributed by atoms with Crippen LogP contribution in [0.3, 0.4) is 0 Å². The first-order chi connectivity index (χ1) is 10.6. The van der Waals surface area contributed by atoms with E-state index in [4.69, 9.17) is 12.2 Å². The molecule has 7 heteroatoms. The summed E-state index contributed by atoms with van der Waals surface area (Å²) in [7, 11) is 0. The highest BCUT2D eigenvalue weighted by atomic mass is 32.1. The molecule has 0 aliphatic rings. The fraction of sp³-hybridized carbons (Fsp3) is 0.0667. The summed E-state index contributed by atoms with van der Waals surface area (Å²) in [5.74, 6) is 0. The van der Waals surface area contributed by atoms with Gasteiger partial charge in [-0.3, -0.25) is 15.5 Å². The van der Waals surface area contributed by atoms with Crippen molar-refractivity contribution < 1.29 is 4.92 Å². The Morgan fingerprint density at radius 2 is 1.91 bits per heavy atom. The van der Waals surface area contributed by atoms with Gasteiger partial charge >= 0.3 is 0 Å². The first-order valence-electron chi connectivity index (χ1n) is 6.47. The SMILES string of the molecule is Cc1ccccc1NC(=S)N/N=C/c1ccccc1[N+](=O)[O-]. The molecule has 22 heavy (non-hydrogen) atoms.